The Morgan fingerprint density at radius 1 is 1.07 bits per heavy atom. The van der Waals surface area contributed by atoms with E-state index < -0.39 is 18.5 Å². The van der Waals surface area contributed by atoms with E-state index in [9.17, 15) is 9.59 Å². The summed E-state index contributed by atoms with van der Waals surface area (Å²) >= 11 is 1.34. The molecule has 2 aromatic heterocycles. The van der Waals surface area contributed by atoms with Crippen molar-refractivity contribution in [1.29, 1.82) is 0 Å². The molecule has 0 fully saturated rings. The molecule has 4 rings (SSSR count). The maximum atomic E-state index is 12.3. The summed E-state index contributed by atoms with van der Waals surface area (Å²) in [4.78, 5) is 24.9. The zero-order valence-electron chi connectivity index (χ0n) is 14.8. The van der Waals surface area contributed by atoms with Gasteiger partial charge in [0.25, 0.3) is 5.91 Å². The Labute approximate surface area is 164 Å². The predicted molar refractivity (Wildman–Crippen MR) is 105 cm³/mol. The van der Waals surface area contributed by atoms with Crippen molar-refractivity contribution in [2.75, 3.05) is 11.9 Å². The number of aryl methyl sites for hydroxylation is 1. The van der Waals surface area contributed by atoms with Gasteiger partial charge in [0.2, 0.25) is 5.89 Å². The van der Waals surface area contributed by atoms with Crippen LogP contribution in [0.5, 0.6) is 0 Å². The molecule has 0 atom stereocenters. The monoisotopic (exact) mass is 393 g/mol. The number of anilines is 1. The molecule has 0 aliphatic rings. The second-order valence-corrected chi connectivity index (χ2v) is 7.01. The molecule has 0 saturated carbocycles. The van der Waals surface area contributed by atoms with Crippen molar-refractivity contribution < 1.29 is 18.7 Å². The molecule has 0 saturated heterocycles. The third-order valence-corrected chi connectivity index (χ3v) is 5.31. The first kappa shape index (κ1) is 17.9. The van der Waals surface area contributed by atoms with Gasteiger partial charge >= 0.3 is 12.0 Å². The van der Waals surface area contributed by atoms with Crippen molar-refractivity contribution in [3.05, 3.63) is 65.0 Å². The van der Waals surface area contributed by atoms with E-state index in [-0.39, 0.29) is 11.9 Å². The van der Waals surface area contributed by atoms with Gasteiger partial charge in [-0.25, -0.2) is 4.79 Å². The van der Waals surface area contributed by atoms with Gasteiger partial charge in [-0.1, -0.05) is 41.5 Å². The molecule has 0 aliphatic carbocycles. The first-order valence-corrected chi connectivity index (χ1v) is 9.27. The van der Waals surface area contributed by atoms with Gasteiger partial charge in [-0.3, -0.25) is 10.1 Å². The normalized spacial score (nSPS) is 10.8. The number of aromatic nitrogens is 2. The minimum absolute atomic E-state index is 0.0575. The Bertz CT molecular complexity index is 1150. The van der Waals surface area contributed by atoms with Crippen LogP contribution in [0.2, 0.25) is 0 Å². The number of esters is 1. The number of rotatable bonds is 5. The van der Waals surface area contributed by atoms with Gasteiger partial charge in [-0.15, -0.1) is 16.4 Å². The largest absolute Gasteiger partial charge is 0.451 e. The molecule has 1 amide bonds. The summed E-state index contributed by atoms with van der Waals surface area (Å²) in [6, 6.07) is 16.8. The van der Waals surface area contributed by atoms with E-state index in [1.165, 1.54) is 11.3 Å². The lowest BCUT2D eigenvalue weighted by Gasteiger charge is -2.03. The second-order valence-electron chi connectivity index (χ2n) is 5.96. The molecule has 2 heterocycles. The number of carbonyl (C=O) groups excluding carboxylic acids is 2. The molecule has 0 bridgehead atoms. The molecular formula is C20H15N3O4S. The van der Waals surface area contributed by atoms with E-state index in [4.69, 9.17) is 9.15 Å². The first-order chi connectivity index (χ1) is 13.6. The van der Waals surface area contributed by atoms with E-state index in [0.717, 1.165) is 21.2 Å². The number of amides is 1. The molecule has 1 N–H and O–H groups in total. The summed E-state index contributed by atoms with van der Waals surface area (Å²) in [5.74, 6) is -0.812. The van der Waals surface area contributed by atoms with Crippen LogP contribution in [0.3, 0.4) is 0 Å². The number of hydrogen-bond acceptors (Lipinski definition) is 7. The van der Waals surface area contributed by atoms with Crippen molar-refractivity contribution in [1.82, 2.24) is 10.2 Å². The second kappa shape index (κ2) is 7.61. The van der Waals surface area contributed by atoms with E-state index in [1.54, 1.807) is 0 Å². The topological polar surface area (TPSA) is 94.3 Å². The Balaban J connectivity index is 1.37. The zero-order chi connectivity index (χ0) is 19.5. The summed E-state index contributed by atoms with van der Waals surface area (Å²) in [5.41, 5.74) is 1.58. The van der Waals surface area contributed by atoms with Gasteiger partial charge in [-0.2, -0.15) is 0 Å². The molecule has 0 aliphatic heterocycles. The summed E-state index contributed by atoms with van der Waals surface area (Å²) in [6.45, 7) is 1.41. The van der Waals surface area contributed by atoms with Gasteiger partial charge in [0.05, 0.1) is 0 Å². The fourth-order valence-electron chi connectivity index (χ4n) is 2.69. The number of carbonyl (C=O) groups is 2. The van der Waals surface area contributed by atoms with Gasteiger partial charge in [0.1, 0.15) is 4.88 Å². The smallest absolute Gasteiger partial charge is 0.349 e. The van der Waals surface area contributed by atoms with Gasteiger partial charge in [0.15, 0.2) is 6.61 Å². The van der Waals surface area contributed by atoms with Gasteiger partial charge in [-0.05, 0) is 36.1 Å². The van der Waals surface area contributed by atoms with Crippen LogP contribution < -0.4 is 5.32 Å². The number of fused-ring (bicyclic) bond motifs is 1. The fraction of sp³-hybridized carbons (Fsp3) is 0.100. The molecule has 2 aromatic carbocycles. The van der Waals surface area contributed by atoms with Crippen LogP contribution in [0.25, 0.3) is 21.5 Å². The molecule has 7 nitrogen and oxygen atoms in total. The average molecular weight is 393 g/mol. The van der Waals surface area contributed by atoms with Crippen molar-refractivity contribution in [3.8, 4) is 11.5 Å². The molecule has 4 aromatic rings. The lowest BCUT2D eigenvalue weighted by Crippen LogP contribution is -2.21. The summed E-state index contributed by atoms with van der Waals surface area (Å²) in [5, 5.41) is 11.1. The summed E-state index contributed by atoms with van der Waals surface area (Å²) < 4.78 is 11.5. The number of nitrogens with zero attached hydrogens (tertiary/aromatic N) is 2. The third-order valence-electron chi connectivity index (χ3n) is 4.06. The first-order valence-electron chi connectivity index (χ1n) is 8.46. The lowest BCUT2D eigenvalue weighted by molar-refractivity contribution is -0.119. The van der Waals surface area contributed by atoms with Crippen LogP contribution in [-0.4, -0.2) is 28.7 Å². The number of benzene rings is 2. The summed E-state index contributed by atoms with van der Waals surface area (Å²) in [7, 11) is 0. The van der Waals surface area contributed by atoms with Crippen LogP contribution in [-0.2, 0) is 9.53 Å². The maximum absolute atomic E-state index is 12.3. The van der Waals surface area contributed by atoms with Crippen molar-refractivity contribution in [2.45, 2.75) is 6.92 Å². The molecular weight excluding hydrogens is 378 g/mol. The quantitative estimate of drug-likeness (QED) is 0.514. The fourth-order valence-corrected chi connectivity index (χ4v) is 3.80. The molecule has 28 heavy (non-hydrogen) atoms. The average Bonchev–Trinajstić information content (AvgIpc) is 3.32. The van der Waals surface area contributed by atoms with Gasteiger partial charge < -0.3 is 9.15 Å². The highest BCUT2D eigenvalue weighted by Gasteiger charge is 2.18. The lowest BCUT2D eigenvalue weighted by atomic mass is 10.1. The minimum atomic E-state index is -0.560. The third kappa shape index (κ3) is 3.63. The maximum Gasteiger partial charge on any atom is 0.349 e. The van der Waals surface area contributed by atoms with E-state index >= 15 is 0 Å². The van der Waals surface area contributed by atoms with E-state index in [1.807, 2.05) is 61.5 Å². The Hall–Kier alpha value is -3.52. The van der Waals surface area contributed by atoms with Crippen LogP contribution in [0.15, 0.2) is 59.0 Å². The molecule has 8 heteroatoms. The molecule has 0 radical (unpaired) electrons. The Kier molecular flexibility index (Phi) is 4.86. The van der Waals surface area contributed by atoms with Gasteiger partial charge in [0, 0.05) is 10.3 Å². The SMILES string of the molecule is Cc1c(C(=O)OCC(=O)Nc2nnc(-c3ccccc3)o2)sc2ccccc12. The highest BCUT2D eigenvalue weighted by Crippen LogP contribution is 2.31. The minimum Gasteiger partial charge on any atom is -0.451 e. The van der Waals surface area contributed by atoms with Crippen molar-refractivity contribution in [2.24, 2.45) is 0 Å². The van der Waals surface area contributed by atoms with Crippen LogP contribution in [0.1, 0.15) is 15.2 Å². The van der Waals surface area contributed by atoms with Crippen molar-refractivity contribution >= 4 is 39.3 Å². The number of nitrogens with one attached hydrogen (secondary N) is 1. The highest BCUT2D eigenvalue weighted by atomic mass is 32.1. The number of ether oxygens (including phenoxy) is 1. The van der Waals surface area contributed by atoms with Crippen molar-refractivity contribution in [3.63, 3.8) is 0 Å². The zero-order valence-corrected chi connectivity index (χ0v) is 15.7. The van der Waals surface area contributed by atoms with Crippen LogP contribution in [0.4, 0.5) is 6.01 Å². The van der Waals surface area contributed by atoms with Crippen LogP contribution in [0, 0.1) is 6.92 Å². The number of hydrogen-bond donors (Lipinski definition) is 1. The standard InChI is InChI=1S/C20H15N3O4S/c1-12-14-9-5-6-10-15(14)28-17(12)19(25)26-11-16(24)21-20-23-22-18(27-20)13-7-3-2-4-8-13/h2-10H,11H2,1H3,(H,21,23,24). The predicted octanol–water partition coefficient (Wildman–Crippen LogP) is 4.06. The Morgan fingerprint density at radius 2 is 1.82 bits per heavy atom. The highest BCUT2D eigenvalue weighted by molar-refractivity contribution is 7.21. The number of thiophene rings is 1. The summed E-state index contributed by atoms with van der Waals surface area (Å²) in [6.07, 6.45) is 0. The molecule has 140 valence electrons. The van der Waals surface area contributed by atoms with Crippen LogP contribution >= 0.6 is 11.3 Å². The van der Waals surface area contributed by atoms with E-state index in [0.29, 0.717) is 4.88 Å². The molecule has 0 unspecified atom stereocenters. The molecule has 0 spiro atoms. The Morgan fingerprint density at radius 3 is 2.61 bits per heavy atom. The van der Waals surface area contributed by atoms with E-state index in [2.05, 4.69) is 15.5 Å².